The number of hydrogen-bond donors (Lipinski definition) is 0. The van der Waals surface area contributed by atoms with Crippen molar-refractivity contribution in [2.45, 2.75) is 6.42 Å². The van der Waals surface area contributed by atoms with Crippen LogP contribution in [0.4, 0.5) is 5.82 Å². The molecule has 3 heterocycles. The Morgan fingerprint density at radius 3 is 3.00 bits per heavy atom. The second-order valence-corrected chi connectivity index (χ2v) is 4.28. The fourth-order valence-electron chi connectivity index (χ4n) is 2.19. The fourth-order valence-corrected chi connectivity index (χ4v) is 2.19. The molecule has 0 bridgehead atoms. The maximum atomic E-state index is 8.96. The minimum atomic E-state index is 0.0726. The third kappa shape index (κ3) is 1.56. The normalized spacial score (nSPS) is 18.8. The van der Waals surface area contributed by atoms with Gasteiger partial charge in [-0.3, -0.25) is 0 Å². The number of rotatable bonds is 1. The van der Waals surface area contributed by atoms with Gasteiger partial charge in [0.05, 0.1) is 18.2 Å². The van der Waals surface area contributed by atoms with Gasteiger partial charge in [-0.2, -0.15) is 15.6 Å². The van der Waals surface area contributed by atoms with E-state index in [1.54, 1.807) is 10.7 Å². The highest BCUT2D eigenvalue weighted by atomic mass is 15.3. The van der Waals surface area contributed by atoms with Crippen molar-refractivity contribution in [1.29, 1.82) is 10.5 Å². The van der Waals surface area contributed by atoms with E-state index < -0.39 is 0 Å². The van der Waals surface area contributed by atoms with Crippen LogP contribution in [-0.4, -0.2) is 27.7 Å². The van der Waals surface area contributed by atoms with E-state index in [1.807, 2.05) is 6.07 Å². The van der Waals surface area contributed by atoms with Gasteiger partial charge in [0.2, 0.25) is 0 Å². The van der Waals surface area contributed by atoms with Crippen molar-refractivity contribution < 1.29 is 0 Å². The number of anilines is 1. The van der Waals surface area contributed by atoms with E-state index in [1.165, 1.54) is 6.20 Å². The van der Waals surface area contributed by atoms with Crippen molar-refractivity contribution in [2.24, 2.45) is 5.92 Å². The van der Waals surface area contributed by atoms with E-state index in [9.17, 15) is 0 Å². The molecule has 3 rings (SSSR count). The summed E-state index contributed by atoms with van der Waals surface area (Å²) in [5, 5.41) is 21.9. The number of hydrogen-bond acceptors (Lipinski definition) is 5. The Bertz CT molecular complexity index is 674. The zero-order chi connectivity index (χ0) is 12.5. The molecule has 2 aromatic rings. The number of fused-ring (bicyclic) bond motifs is 1. The highest BCUT2D eigenvalue weighted by Gasteiger charge is 2.23. The van der Waals surface area contributed by atoms with Gasteiger partial charge in [0.15, 0.2) is 5.65 Å². The van der Waals surface area contributed by atoms with Crippen LogP contribution < -0.4 is 4.90 Å². The lowest BCUT2D eigenvalue weighted by molar-refractivity contribution is 0.754. The zero-order valence-corrected chi connectivity index (χ0v) is 9.61. The molecule has 1 aliphatic rings. The molecule has 2 aromatic heterocycles. The van der Waals surface area contributed by atoms with E-state index in [2.05, 4.69) is 27.1 Å². The fraction of sp³-hybridized carbons (Fsp3) is 0.333. The van der Waals surface area contributed by atoms with Gasteiger partial charge in [0.1, 0.15) is 17.5 Å². The van der Waals surface area contributed by atoms with E-state index in [0.717, 1.165) is 18.8 Å². The lowest BCUT2D eigenvalue weighted by Gasteiger charge is -2.16. The summed E-state index contributed by atoms with van der Waals surface area (Å²) in [5.41, 5.74) is 1.03. The molecule has 6 heteroatoms. The van der Waals surface area contributed by atoms with Gasteiger partial charge in [-0.15, -0.1) is 0 Å². The quantitative estimate of drug-likeness (QED) is 0.738. The van der Waals surface area contributed by atoms with Gasteiger partial charge in [0.25, 0.3) is 0 Å². The first-order valence-corrected chi connectivity index (χ1v) is 5.71. The van der Waals surface area contributed by atoms with Crippen LogP contribution in [0.1, 0.15) is 12.0 Å². The maximum absolute atomic E-state index is 8.96. The first kappa shape index (κ1) is 10.5. The number of nitriles is 2. The van der Waals surface area contributed by atoms with Crippen molar-refractivity contribution >= 4 is 11.5 Å². The lowest BCUT2D eigenvalue weighted by atomic mass is 10.1. The standard InChI is InChI=1S/C12H10N6/c13-5-9-1-3-17(8-9)11-2-4-18-12(16-11)10(6-14)7-15-18/h2,4,7,9H,1,3,8H2. The summed E-state index contributed by atoms with van der Waals surface area (Å²) in [4.78, 5) is 6.52. The summed E-state index contributed by atoms with van der Waals surface area (Å²) in [5.74, 6) is 0.876. The number of aromatic nitrogens is 3. The Hall–Kier alpha value is -2.60. The molecule has 1 saturated heterocycles. The minimum Gasteiger partial charge on any atom is -0.355 e. The molecule has 1 aliphatic heterocycles. The maximum Gasteiger partial charge on any atom is 0.175 e. The topological polar surface area (TPSA) is 81.0 Å². The van der Waals surface area contributed by atoms with E-state index >= 15 is 0 Å². The van der Waals surface area contributed by atoms with Crippen LogP contribution in [0.15, 0.2) is 18.5 Å². The molecule has 1 unspecified atom stereocenters. The number of nitrogens with zero attached hydrogens (tertiary/aromatic N) is 6. The van der Waals surface area contributed by atoms with Crippen molar-refractivity contribution in [1.82, 2.24) is 14.6 Å². The van der Waals surface area contributed by atoms with E-state index in [-0.39, 0.29) is 5.92 Å². The summed E-state index contributed by atoms with van der Waals surface area (Å²) >= 11 is 0. The molecule has 0 aliphatic carbocycles. The Kier molecular flexibility index (Phi) is 2.35. The molecule has 88 valence electrons. The molecule has 0 radical (unpaired) electrons. The Labute approximate surface area is 104 Å². The second kappa shape index (κ2) is 4.01. The van der Waals surface area contributed by atoms with Gasteiger partial charge in [-0.1, -0.05) is 0 Å². The van der Waals surface area contributed by atoms with Gasteiger partial charge >= 0.3 is 0 Å². The third-order valence-corrected chi connectivity index (χ3v) is 3.17. The Balaban J connectivity index is 1.99. The van der Waals surface area contributed by atoms with Gasteiger partial charge < -0.3 is 4.90 Å². The van der Waals surface area contributed by atoms with Crippen molar-refractivity contribution in [3.63, 3.8) is 0 Å². The molecule has 0 N–H and O–H groups in total. The summed E-state index contributed by atoms with van der Waals surface area (Å²) in [7, 11) is 0. The Morgan fingerprint density at radius 1 is 1.39 bits per heavy atom. The average Bonchev–Trinajstić information content (AvgIpc) is 3.04. The van der Waals surface area contributed by atoms with Gasteiger partial charge in [-0.05, 0) is 12.5 Å². The van der Waals surface area contributed by atoms with Crippen LogP contribution in [0.2, 0.25) is 0 Å². The molecule has 0 spiro atoms. The molecule has 1 atom stereocenters. The Morgan fingerprint density at radius 2 is 2.28 bits per heavy atom. The predicted octanol–water partition coefficient (Wildman–Crippen LogP) is 0.951. The molecule has 0 amide bonds. The van der Waals surface area contributed by atoms with Crippen LogP contribution in [0, 0.1) is 28.6 Å². The first-order chi connectivity index (χ1) is 8.81. The second-order valence-electron chi connectivity index (χ2n) is 4.28. The highest BCUT2D eigenvalue weighted by Crippen LogP contribution is 2.22. The molecule has 18 heavy (non-hydrogen) atoms. The van der Waals surface area contributed by atoms with Crippen LogP contribution in [0.3, 0.4) is 0 Å². The largest absolute Gasteiger partial charge is 0.355 e. The smallest absolute Gasteiger partial charge is 0.175 e. The van der Waals surface area contributed by atoms with Crippen molar-refractivity contribution in [3.8, 4) is 12.1 Å². The van der Waals surface area contributed by atoms with Crippen LogP contribution >= 0.6 is 0 Å². The molecule has 0 saturated carbocycles. The monoisotopic (exact) mass is 238 g/mol. The van der Waals surface area contributed by atoms with Crippen LogP contribution in [0.5, 0.6) is 0 Å². The van der Waals surface area contributed by atoms with E-state index in [4.69, 9.17) is 10.5 Å². The highest BCUT2D eigenvalue weighted by molar-refractivity contribution is 5.57. The average molecular weight is 238 g/mol. The summed E-state index contributed by atoms with van der Waals surface area (Å²) < 4.78 is 1.58. The van der Waals surface area contributed by atoms with Gasteiger partial charge in [0, 0.05) is 19.3 Å². The lowest BCUT2D eigenvalue weighted by Crippen LogP contribution is -2.20. The third-order valence-electron chi connectivity index (χ3n) is 3.17. The molecule has 6 nitrogen and oxygen atoms in total. The zero-order valence-electron chi connectivity index (χ0n) is 9.61. The molecular weight excluding hydrogens is 228 g/mol. The summed E-state index contributed by atoms with van der Waals surface area (Å²) in [6.45, 7) is 1.53. The van der Waals surface area contributed by atoms with Crippen molar-refractivity contribution in [3.05, 3.63) is 24.0 Å². The SMILES string of the molecule is N#Cc1cnn2ccc(N3CCC(C#N)C3)nc12. The molecule has 1 fully saturated rings. The predicted molar refractivity (Wildman–Crippen MR) is 63.6 cm³/mol. The first-order valence-electron chi connectivity index (χ1n) is 5.71. The molecule has 0 aromatic carbocycles. The van der Waals surface area contributed by atoms with Crippen LogP contribution in [-0.2, 0) is 0 Å². The van der Waals surface area contributed by atoms with Gasteiger partial charge in [-0.25, -0.2) is 9.50 Å². The summed E-state index contributed by atoms with van der Waals surface area (Å²) in [6, 6.07) is 6.21. The van der Waals surface area contributed by atoms with Crippen molar-refractivity contribution in [2.75, 3.05) is 18.0 Å². The molecular formula is C12H10N6. The minimum absolute atomic E-state index is 0.0726. The summed E-state index contributed by atoms with van der Waals surface area (Å²) in [6.07, 6.45) is 4.17. The van der Waals surface area contributed by atoms with E-state index in [0.29, 0.717) is 17.8 Å². The van der Waals surface area contributed by atoms with Crippen LogP contribution in [0.25, 0.3) is 5.65 Å².